The molecular weight excluding hydrogens is 284 g/mol. The van der Waals surface area contributed by atoms with Crippen LogP contribution in [0.4, 0.5) is 0 Å². The number of hydrogen-bond donors (Lipinski definition) is 4. The largest absolute Gasteiger partial charge is 0.477 e. The van der Waals surface area contributed by atoms with Gasteiger partial charge in [-0.05, 0) is 26.7 Å². The van der Waals surface area contributed by atoms with Crippen molar-refractivity contribution in [3.63, 3.8) is 0 Å². The maximum atomic E-state index is 12.2. The average molecular weight is 304 g/mol. The van der Waals surface area contributed by atoms with Gasteiger partial charge in [-0.1, -0.05) is 6.92 Å². The molecule has 1 aromatic rings. The molecule has 0 amide bonds. The van der Waals surface area contributed by atoms with Crippen molar-refractivity contribution in [1.82, 2.24) is 9.71 Å². The number of aliphatic hydroxyl groups is 1. The Bertz CT molecular complexity index is 591. The first-order valence-electron chi connectivity index (χ1n) is 6.30. The van der Waals surface area contributed by atoms with Crippen LogP contribution in [0.2, 0.25) is 0 Å². The fraction of sp³-hybridized carbons (Fsp3) is 0.583. The van der Waals surface area contributed by atoms with Crippen molar-refractivity contribution in [1.29, 1.82) is 0 Å². The monoisotopic (exact) mass is 304 g/mol. The lowest BCUT2D eigenvalue weighted by Crippen LogP contribution is -2.28. The zero-order valence-electron chi connectivity index (χ0n) is 11.7. The van der Waals surface area contributed by atoms with Gasteiger partial charge in [0.05, 0.1) is 6.10 Å². The molecule has 1 aromatic heterocycles. The van der Waals surface area contributed by atoms with E-state index < -0.39 is 22.1 Å². The first-order chi connectivity index (χ1) is 9.20. The molecule has 0 aliphatic rings. The molecule has 0 spiro atoms. The fourth-order valence-corrected chi connectivity index (χ4v) is 3.48. The third-order valence-electron chi connectivity index (χ3n) is 3.09. The van der Waals surface area contributed by atoms with E-state index in [0.29, 0.717) is 12.8 Å². The van der Waals surface area contributed by atoms with E-state index in [2.05, 4.69) is 9.71 Å². The molecule has 1 atom stereocenters. The minimum Gasteiger partial charge on any atom is -0.477 e. The molecule has 0 saturated heterocycles. The van der Waals surface area contributed by atoms with Gasteiger partial charge in [-0.2, -0.15) is 0 Å². The molecule has 1 unspecified atom stereocenters. The minimum absolute atomic E-state index is 0.0408. The maximum absolute atomic E-state index is 12.2. The Balaban J connectivity index is 2.96. The molecule has 7 nitrogen and oxygen atoms in total. The highest BCUT2D eigenvalue weighted by atomic mass is 32.2. The molecule has 0 aromatic carbocycles. The van der Waals surface area contributed by atoms with Gasteiger partial charge in [0.25, 0.3) is 0 Å². The summed E-state index contributed by atoms with van der Waals surface area (Å²) >= 11 is 0. The van der Waals surface area contributed by atoms with Crippen molar-refractivity contribution in [3.8, 4) is 0 Å². The molecule has 0 aliphatic heterocycles. The molecule has 0 radical (unpaired) electrons. The van der Waals surface area contributed by atoms with E-state index in [4.69, 9.17) is 5.11 Å². The number of rotatable bonds is 7. The summed E-state index contributed by atoms with van der Waals surface area (Å²) in [6, 6.07) is 0. The lowest BCUT2D eigenvalue weighted by molar-refractivity contribution is 0.0690. The van der Waals surface area contributed by atoms with Crippen molar-refractivity contribution < 1.29 is 23.4 Å². The normalized spacial score (nSPS) is 13.4. The van der Waals surface area contributed by atoms with Gasteiger partial charge in [0.2, 0.25) is 10.0 Å². The summed E-state index contributed by atoms with van der Waals surface area (Å²) in [5, 5.41) is 18.4. The van der Waals surface area contributed by atoms with Gasteiger partial charge in [-0.15, -0.1) is 0 Å². The second kappa shape index (κ2) is 6.38. The Morgan fingerprint density at radius 3 is 2.45 bits per heavy atom. The number of H-pyrrole nitrogens is 1. The van der Waals surface area contributed by atoms with Crippen LogP contribution in [0.25, 0.3) is 0 Å². The SMILES string of the molecule is CCC(O)CCNS(=O)(=O)c1c(C)[nH]c(C(=O)O)c1C. The summed E-state index contributed by atoms with van der Waals surface area (Å²) in [6.45, 7) is 4.86. The predicted molar refractivity (Wildman–Crippen MR) is 73.3 cm³/mol. The smallest absolute Gasteiger partial charge is 0.352 e. The molecule has 20 heavy (non-hydrogen) atoms. The summed E-state index contributed by atoms with van der Waals surface area (Å²) in [5.74, 6) is -1.20. The zero-order chi connectivity index (χ0) is 15.5. The number of sulfonamides is 1. The molecule has 0 fully saturated rings. The van der Waals surface area contributed by atoms with E-state index in [1.54, 1.807) is 6.92 Å². The molecular formula is C12H20N2O5S. The third-order valence-corrected chi connectivity index (χ3v) is 4.83. The quantitative estimate of drug-likeness (QED) is 0.593. The van der Waals surface area contributed by atoms with Crippen LogP contribution < -0.4 is 4.72 Å². The van der Waals surface area contributed by atoms with Gasteiger partial charge in [-0.3, -0.25) is 0 Å². The number of hydrogen-bond acceptors (Lipinski definition) is 4. The Morgan fingerprint density at radius 1 is 1.40 bits per heavy atom. The van der Waals surface area contributed by atoms with Gasteiger partial charge in [-0.25, -0.2) is 17.9 Å². The van der Waals surface area contributed by atoms with Gasteiger partial charge < -0.3 is 15.2 Å². The number of aryl methyl sites for hydroxylation is 1. The summed E-state index contributed by atoms with van der Waals surface area (Å²) in [6.07, 6.45) is 0.303. The molecule has 1 rings (SSSR count). The number of aromatic carboxylic acids is 1. The number of carbonyl (C=O) groups is 1. The molecule has 4 N–H and O–H groups in total. The van der Waals surface area contributed by atoms with Crippen molar-refractivity contribution in [2.24, 2.45) is 0 Å². The highest BCUT2D eigenvalue weighted by Crippen LogP contribution is 2.22. The summed E-state index contributed by atoms with van der Waals surface area (Å²) < 4.78 is 26.7. The Kier molecular flexibility index (Phi) is 5.32. The lowest BCUT2D eigenvalue weighted by Gasteiger charge is -2.10. The predicted octanol–water partition coefficient (Wildman–Crippen LogP) is 0.769. The Hall–Kier alpha value is -1.38. The van der Waals surface area contributed by atoms with Crippen LogP contribution in [0.15, 0.2) is 4.90 Å². The van der Waals surface area contributed by atoms with Crippen LogP contribution in [0, 0.1) is 13.8 Å². The number of nitrogens with one attached hydrogen (secondary N) is 2. The van der Waals surface area contributed by atoms with E-state index >= 15 is 0 Å². The molecule has 114 valence electrons. The second-order valence-electron chi connectivity index (χ2n) is 4.63. The average Bonchev–Trinajstić information content (AvgIpc) is 2.64. The Labute approximate surface area is 118 Å². The van der Waals surface area contributed by atoms with Gasteiger partial charge in [0.1, 0.15) is 10.6 Å². The van der Waals surface area contributed by atoms with E-state index in [0.717, 1.165) is 0 Å². The fourth-order valence-electron chi connectivity index (χ4n) is 1.99. The summed E-state index contributed by atoms with van der Waals surface area (Å²) in [4.78, 5) is 13.5. The number of aromatic amines is 1. The third kappa shape index (κ3) is 3.59. The van der Waals surface area contributed by atoms with Crippen LogP contribution in [0.5, 0.6) is 0 Å². The number of carboxylic acids is 1. The lowest BCUT2D eigenvalue weighted by atomic mass is 10.2. The van der Waals surface area contributed by atoms with E-state index in [-0.39, 0.29) is 28.4 Å². The van der Waals surface area contributed by atoms with Crippen LogP contribution in [0.1, 0.15) is 41.5 Å². The minimum atomic E-state index is -3.79. The van der Waals surface area contributed by atoms with Crippen molar-refractivity contribution in [2.45, 2.75) is 44.6 Å². The van der Waals surface area contributed by atoms with Crippen molar-refractivity contribution in [3.05, 3.63) is 17.0 Å². The first-order valence-corrected chi connectivity index (χ1v) is 7.79. The van der Waals surface area contributed by atoms with Crippen LogP contribution in [-0.4, -0.2) is 42.2 Å². The number of carboxylic acid groups (broad SMARTS) is 1. The van der Waals surface area contributed by atoms with Gasteiger partial charge in [0, 0.05) is 17.8 Å². The van der Waals surface area contributed by atoms with Crippen LogP contribution in [0.3, 0.4) is 0 Å². The van der Waals surface area contributed by atoms with Crippen LogP contribution in [-0.2, 0) is 10.0 Å². The van der Waals surface area contributed by atoms with Crippen molar-refractivity contribution in [2.75, 3.05) is 6.54 Å². The molecule has 0 aliphatic carbocycles. The maximum Gasteiger partial charge on any atom is 0.352 e. The highest BCUT2D eigenvalue weighted by molar-refractivity contribution is 7.89. The molecule has 8 heteroatoms. The van der Waals surface area contributed by atoms with Crippen molar-refractivity contribution >= 4 is 16.0 Å². The highest BCUT2D eigenvalue weighted by Gasteiger charge is 2.26. The second-order valence-corrected chi connectivity index (χ2v) is 6.34. The van der Waals surface area contributed by atoms with Gasteiger partial charge in [0.15, 0.2) is 0 Å². The standard InChI is InChI=1S/C12H20N2O5S/c1-4-9(15)5-6-13-20(18,19)11-7(2)10(12(16)17)14-8(11)3/h9,13-15H,4-6H2,1-3H3,(H,16,17). The van der Waals surface area contributed by atoms with Crippen LogP contribution >= 0.6 is 0 Å². The van der Waals surface area contributed by atoms with E-state index in [1.165, 1.54) is 13.8 Å². The first kappa shape index (κ1) is 16.7. The van der Waals surface area contributed by atoms with E-state index in [1.807, 2.05) is 0 Å². The van der Waals surface area contributed by atoms with Gasteiger partial charge >= 0.3 is 5.97 Å². The molecule has 0 bridgehead atoms. The topological polar surface area (TPSA) is 119 Å². The molecule has 0 saturated carbocycles. The number of aliphatic hydroxyl groups excluding tert-OH is 1. The Morgan fingerprint density at radius 2 is 2.00 bits per heavy atom. The molecule has 1 heterocycles. The van der Waals surface area contributed by atoms with E-state index in [9.17, 15) is 18.3 Å². The number of aromatic nitrogens is 1. The summed E-state index contributed by atoms with van der Waals surface area (Å²) in [5.41, 5.74) is 0.332. The zero-order valence-corrected chi connectivity index (χ0v) is 12.5. The summed E-state index contributed by atoms with van der Waals surface area (Å²) in [7, 11) is -3.79.